The maximum Gasteiger partial charge on any atom is 0.123 e. The van der Waals surface area contributed by atoms with Gasteiger partial charge in [0.05, 0.1) is 13.2 Å². The highest BCUT2D eigenvalue weighted by Gasteiger charge is 1.94. The zero-order chi connectivity index (χ0) is 12.6. The molecule has 0 aliphatic carbocycles. The summed E-state index contributed by atoms with van der Waals surface area (Å²) >= 11 is 0. The first-order chi connectivity index (χ1) is 8.84. The highest BCUT2D eigenvalue weighted by atomic mass is 19.1. The van der Waals surface area contributed by atoms with Crippen LogP contribution in [0.1, 0.15) is 5.56 Å². The average Bonchev–Trinajstić information content (AvgIpc) is 2.42. The van der Waals surface area contributed by atoms with Gasteiger partial charge < -0.3 is 10.1 Å². The van der Waals surface area contributed by atoms with Gasteiger partial charge in [-0.1, -0.05) is 30.3 Å². The topological polar surface area (TPSA) is 21.3 Å². The Balaban J connectivity index is 1.63. The van der Waals surface area contributed by atoms with E-state index in [1.807, 2.05) is 30.3 Å². The molecule has 0 spiro atoms. The van der Waals surface area contributed by atoms with Crippen molar-refractivity contribution >= 4 is 5.69 Å². The van der Waals surface area contributed by atoms with Crippen LogP contribution in [0.3, 0.4) is 0 Å². The van der Waals surface area contributed by atoms with Crippen LogP contribution in [0.5, 0.6) is 0 Å². The van der Waals surface area contributed by atoms with Crippen LogP contribution in [-0.2, 0) is 11.3 Å². The Kier molecular flexibility index (Phi) is 4.73. The van der Waals surface area contributed by atoms with E-state index < -0.39 is 0 Å². The number of anilines is 1. The van der Waals surface area contributed by atoms with Crippen molar-refractivity contribution < 1.29 is 9.13 Å². The highest BCUT2D eigenvalue weighted by molar-refractivity contribution is 5.42. The molecule has 0 bridgehead atoms. The molecule has 0 aromatic heterocycles. The van der Waals surface area contributed by atoms with Crippen LogP contribution in [0.25, 0.3) is 0 Å². The van der Waals surface area contributed by atoms with Crippen molar-refractivity contribution in [2.45, 2.75) is 6.61 Å². The molecule has 0 fully saturated rings. The summed E-state index contributed by atoms with van der Waals surface area (Å²) in [6, 6.07) is 16.4. The van der Waals surface area contributed by atoms with Gasteiger partial charge in [0.1, 0.15) is 5.82 Å². The van der Waals surface area contributed by atoms with Gasteiger partial charge >= 0.3 is 0 Å². The van der Waals surface area contributed by atoms with Gasteiger partial charge in [0.15, 0.2) is 0 Å². The van der Waals surface area contributed by atoms with Crippen LogP contribution in [0.4, 0.5) is 10.1 Å². The van der Waals surface area contributed by atoms with Crippen molar-refractivity contribution in [2.75, 3.05) is 18.5 Å². The zero-order valence-electron chi connectivity index (χ0n) is 10.1. The summed E-state index contributed by atoms with van der Waals surface area (Å²) < 4.78 is 18.2. The lowest BCUT2D eigenvalue weighted by Gasteiger charge is -2.07. The molecule has 3 heteroatoms. The lowest BCUT2D eigenvalue weighted by Crippen LogP contribution is -2.09. The number of benzene rings is 2. The minimum absolute atomic E-state index is 0.221. The second-order valence-corrected chi connectivity index (χ2v) is 3.97. The number of hydrogen-bond acceptors (Lipinski definition) is 2. The second-order valence-electron chi connectivity index (χ2n) is 3.97. The molecule has 2 rings (SSSR count). The predicted molar refractivity (Wildman–Crippen MR) is 71.0 cm³/mol. The molecule has 0 saturated heterocycles. The van der Waals surface area contributed by atoms with E-state index in [4.69, 9.17) is 4.74 Å². The Hall–Kier alpha value is -1.87. The van der Waals surface area contributed by atoms with Crippen LogP contribution < -0.4 is 5.32 Å². The van der Waals surface area contributed by atoms with Crippen molar-refractivity contribution in [1.82, 2.24) is 0 Å². The van der Waals surface area contributed by atoms with Crippen molar-refractivity contribution in [3.05, 3.63) is 66.0 Å². The normalized spacial score (nSPS) is 10.3. The van der Waals surface area contributed by atoms with Crippen LogP contribution >= 0.6 is 0 Å². The lowest BCUT2D eigenvalue weighted by atomic mass is 10.2. The van der Waals surface area contributed by atoms with Crippen molar-refractivity contribution in [2.24, 2.45) is 0 Å². The minimum Gasteiger partial charge on any atom is -0.383 e. The van der Waals surface area contributed by atoms with Gasteiger partial charge in [0.2, 0.25) is 0 Å². The number of nitrogens with one attached hydrogen (secondary N) is 1. The first kappa shape index (κ1) is 12.6. The standard InChI is InChI=1S/C15H16FNO/c16-14-6-8-15(9-7-14)17-10-11-18-12-13-4-2-1-3-5-13/h1-9,17H,10-12H2. The summed E-state index contributed by atoms with van der Waals surface area (Å²) in [5.74, 6) is -0.221. The van der Waals surface area contributed by atoms with Gasteiger partial charge in [-0.25, -0.2) is 4.39 Å². The fourth-order valence-corrected chi connectivity index (χ4v) is 1.60. The lowest BCUT2D eigenvalue weighted by molar-refractivity contribution is 0.130. The molecule has 0 unspecified atom stereocenters. The molecule has 0 amide bonds. The van der Waals surface area contributed by atoms with E-state index in [0.29, 0.717) is 19.8 Å². The van der Waals surface area contributed by atoms with Crippen LogP contribution in [0.15, 0.2) is 54.6 Å². The Morgan fingerprint density at radius 3 is 2.39 bits per heavy atom. The monoisotopic (exact) mass is 245 g/mol. The van der Waals surface area contributed by atoms with E-state index in [1.54, 1.807) is 12.1 Å². The molecule has 1 N–H and O–H groups in total. The van der Waals surface area contributed by atoms with Crippen molar-refractivity contribution in [3.63, 3.8) is 0 Å². The quantitative estimate of drug-likeness (QED) is 0.787. The molecule has 2 nitrogen and oxygen atoms in total. The third-order valence-corrected chi connectivity index (χ3v) is 2.53. The summed E-state index contributed by atoms with van der Waals surface area (Å²) in [5.41, 5.74) is 2.07. The van der Waals surface area contributed by atoms with E-state index in [0.717, 1.165) is 5.69 Å². The summed E-state index contributed by atoms with van der Waals surface area (Å²) in [6.45, 7) is 1.94. The van der Waals surface area contributed by atoms with Crippen molar-refractivity contribution in [1.29, 1.82) is 0 Å². The van der Waals surface area contributed by atoms with E-state index >= 15 is 0 Å². The third kappa shape index (κ3) is 4.18. The molecule has 0 saturated carbocycles. The average molecular weight is 245 g/mol. The van der Waals surface area contributed by atoms with Gasteiger partial charge in [-0.2, -0.15) is 0 Å². The number of rotatable bonds is 6. The Morgan fingerprint density at radius 2 is 1.67 bits per heavy atom. The maximum atomic E-state index is 12.7. The minimum atomic E-state index is -0.221. The molecule has 2 aromatic rings. The van der Waals surface area contributed by atoms with E-state index in [9.17, 15) is 4.39 Å². The molecule has 0 atom stereocenters. The Bertz CT molecular complexity index is 456. The largest absolute Gasteiger partial charge is 0.383 e. The van der Waals surface area contributed by atoms with Gasteiger partial charge in [0, 0.05) is 12.2 Å². The van der Waals surface area contributed by atoms with Gasteiger partial charge in [-0.3, -0.25) is 0 Å². The van der Waals surface area contributed by atoms with E-state index in [1.165, 1.54) is 17.7 Å². The smallest absolute Gasteiger partial charge is 0.123 e. The molecule has 2 aromatic carbocycles. The Labute approximate surface area is 106 Å². The number of ether oxygens (including phenoxy) is 1. The highest BCUT2D eigenvalue weighted by Crippen LogP contribution is 2.07. The zero-order valence-corrected chi connectivity index (χ0v) is 10.1. The summed E-state index contributed by atoms with van der Waals surface area (Å²) in [4.78, 5) is 0. The van der Waals surface area contributed by atoms with Crippen LogP contribution in [0, 0.1) is 5.82 Å². The van der Waals surface area contributed by atoms with E-state index in [-0.39, 0.29) is 5.82 Å². The summed E-state index contributed by atoms with van der Waals surface area (Å²) in [5, 5.41) is 3.17. The molecule has 0 aliphatic heterocycles. The third-order valence-electron chi connectivity index (χ3n) is 2.53. The van der Waals surface area contributed by atoms with Gasteiger partial charge in [-0.05, 0) is 29.8 Å². The van der Waals surface area contributed by atoms with Gasteiger partial charge in [-0.15, -0.1) is 0 Å². The fraction of sp³-hybridized carbons (Fsp3) is 0.200. The fourth-order valence-electron chi connectivity index (χ4n) is 1.60. The second kappa shape index (κ2) is 6.77. The molecule has 0 radical (unpaired) electrons. The Morgan fingerprint density at radius 1 is 0.944 bits per heavy atom. The maximum absolute atomic E-state index is 12.7. The van der Waals surface area contributed by atoms with E-state index in [2.05, 4.69) is 5.32 Å². The number of hydrogen-bond donors (Lipinski definition) is 1. The summed E-state index contributed by atoms with van der Waals surface area (Å²) in [6.07, 6.45) is 0. The molecular formula is C15H16FNO. The predicted octanol–water partition coefficient (Wildman–Crippen LogP) is 3.45. The first-order valence-electron chi connectivity index (χ1n) is 5.96. The number of halogens is 1. The molecule has 18 heavy (non-hydrogen) atoms. The molecule has 0 heterocycles. The molecular weight excluding hydrogens is 229 g/mol. The molecule has 0 aliphatic rings. The summed E-state index contributed by atoms with van der Waals surface area (Å²) in [7, 11) is 0. The van der Waals surface area contributed by atoms with Gasteiger partial charge in [0.25, 0.3) is 0 Å². The molecule has 94 valence electrons. The first-order valence-corrected chi connectivity index (χ1v) is 5.96. The van der Waals surface area contributed by atoms with Crippen LogP contribution in [0.2, 0.25) is 0 Å². The van der Waals surface area contributed by atoms with Crippen LogP contribution in [-0.4, -0.2) is 13.2 Å². The van der Waals surface area contributed by atoms with Crippen molar-refractivity contribution in [3.8, 4) is 0 Å². The SMILES string of the molecule is Fc1ccc(NCCOCc2ccccc2)cc1.